The number of hydrogen-bond acceptors (Lipinski definition) is 1. The van der Waals surface area contributed by atoms with Crippen LogP contribution in [0.4, 0.5) is 0 Å². The maximum Gasteiger partial charge on any atom is 0.0586 e. The molecule has 15 heavy (non-hydrogen) atoms. The van der Waals surface area contributed by atoms with Crippen LogP contribution < -0.4 is 0 Å². The van der Waals surface area contributed by atoms with E-state index in [0.717, 1.165) is 19.6 Å². The first kappa shape index (κ1) is 11.0. The van der Waals surface area contributed by atoms with E-state index in [-0.39, 0.29) is 5.41 Å². The fourth-order valence-corrected chi connectivity index (χ4v) is 2.73. The summed E-state index contributed by atoms with van der Waals surface area (Å²) in [6.07, 6.45) is 1.01. The molecule has 1 aromatic carbocycles. The van der Waals surface area contributed by atoms with Crippen LogP contribution in [-0.2, 0) is 10.2 Å². The zero-order valence-electron chi connectivity index (χ0n) is 9.35. The molecule has 0 bridgehead atoms. The molecule has 0 unspecified atom stereocenters. The number of benzene rings is 1. The fourth-order valence-electron chi connectivity index (χ4n) is 2.37. The standard InChI is InChI=1S/C13H17ClO/c1-10-3-4-12(11(2)7-10)13(5-6-14)8-15-9-13/h3-4,7H,5-6,8-9H2,1-2H3. The first-order chi connectivity index (χ1) is 7.18. The Bertz CT molecular complexity index is 356. The molecule has 1 aliphatic heterocycles. The molecular formula is C13H17ClO. The summed E-state index contributed by atoms with van der Waals surface area (Å²) in [5, 5.41) is 0. The molecule has 2 heteroatoms. The van der Waals surface area contributed by atoms with E-state index in [1.165, 1.54) is 16.7 Å². The van der Waals surface area contributed by atoms with Gasteiger partial charge in [-0.05, 0) is 31.4 Å². The molecular weight excluding hydrogens is 208 g/mol. The molecule has 1 nitrogen and oxygen atoms in total. The Morgan fingerprint density at radius 2 is 2.07 bits per heavy atom. The molecule has 1 aliphatic rings. The smallest absolute Gasteiger partial charge is 0.0586 e. The monoisotopic (exact) mass is 224 g/mol. The molecule has 0 N–H and O–H groups in total. The summed E-state index contributed by atoms with van der Waals surface area (Å²) in [5.74, 6) is 0.705. The van der Waals surface area contributed by atoms with Gasteiger partial charge in [-0.25, -0.2) is 0 Å². The third-order valence-corrected chi connectivity index (χ3v) is 3.47. The summed E-state index contributed by atoms with van der Waals surface area (Å²) < 4.78 is 5.37. The van der Waals surface area contributed by atoms with Crippen LogP contribution in [0, 0.1) is 13.8 Å². The lowest BCUT2D eigenvalue weighted by Crippen LogP contribution is -2.47. The summed E-state index contributed by atoms with van der Waals surface area (Å²) >= 11 is 5.88. The molecule has 0 spiro atoms. The molecule has 1 fully saturated rings. The van der Waals surface area contributed by atoms with Crippen molar-refractivity contribution in [1.82, 2.24) is 0 Å². The van der Waals surface area contributed by atoms with Crippen LogP contribution in [0.25, 0.3) is 0 Å². The lowest BCUT2D eigenvalue weighted by atomic mass is 9.74. The van der Waals surface area contributed by atoms with Crippen LogP contribution in [0.15, 0.2) is 18.2 Å². The van der Waals surface area contributed by atoms with Crippen LogP contribution in [0.1, 0.15) is 23.1 Å². The van der Waals surface area contributed by atoms with Crippen molar-refractivity contribution in [2.45, 2.75) is 25.7 Å². The van der Waals surface area contributed by atoms with Crippen molar-refractivity contribution in [2.24, 2.45) is 0 Å². The molecule has 0 amide bonds. The van der Waals surface area contributed by atoms with E-state index in [2.05, 4.69) is 32.0 Å². The predicted octanol–water partition coefficient (Wildman–Crippen LogP) is 3.20. The van der Waals surface area contributed by atoms with Crippen LogP contribution in [0.2, 0.25) is 0 Å². The van der Waals surface area contributed by atoms with E-state index >= 15 is 0 Å². The molecule has 0 saturated carbocycles. The van der Waals surface area contributed by atoms with Gasteiger partial charge in [0.05, 0.1) is 13.2 Å². The van der Waals surface area contributed by atoms with Gasteiger partial charge in [-0.2, -0.15) is 0 Å². The minimum atomic E-state index is 0.194. The van der Waals surface area contributed by atoms with Crippen LogP contribution in [0.5, 0.6) is 0 Å². The first-order valence-electron chi connectivity index (χ1n) is 5.39. The third-order valence-electron chi connectivity index (χ3n) is 3.28. The second-order valence-corrected chi connectivity index (χ2v) is 4.91. The number of halogens is 1. The van der Waals surface area contributed by atoms with Gasteiger partial charge in [0.15, 0.2) is 0 Å². The maximum absolute atomic E-state index is 5.88. The van der Waals surface area contributed by atoms with Crippen molar-refractivity contribution in [1.29, 1.82) is 0 Å². The van der Waals surface area contributed by atoms with Gasteiger partial charge >= 0.3 is 0 Å². The second-order valence-electron chi connectivity index (χ2n) is 4.53. The van der Waals surface area contributed by atoms with Gasteiger partial charge in [-0.3, -0.25) is 0 Å². The Hall–Kier alpha value is -0.530. The Labute approximate surface area is 96.4 Å². The molecule has 1 heterocycles. The van der Waals surface area contributed by atoms with E-state index < -0.39 is 0 Å². The second kappa shape index (κ2) is 4.15. The highest BCUT2D eigenvalue weighted by molar-refractivity contribution is 6.17. The van der Waals surface area contributed by atoms with Crippen molar-refractivity contribution in [2.75, 3.05) is 19.1 Å². The maximum atomic E-state index is 5.88. The van der Waals surface area contributed by atoms with Gasteiger partial charge in [0.2, 0.25) is 0 Å². The topological polar surface area (TPSA) is 9.23 Å². The summed E-state index contributed by atoms with van der Waals surface area (Å²) in [6, 6.07) is 6.65. The summed E-state index contributed by atoms with van der Waals surface area (Å²) in [7, 11) is 0. The van der Waals surface area contributed by atoms with Crippen molar-refractivity contribution in [3.05, 3.63) is 34.9 Å². The Morgan fingerprint density at radius 3 is 2.53 bits per heavy atom. The van der Waals surface area contributed by atoms with E-state index in [9.17, 15) is 0 Å². The number of ether oxygens (including phenoxy) is 1. The lowest BCUT2D eigenvalue weighted by Gasteiger charge is -2.42. The van der Waals surface area contributed by atoms with Gasteiger partial charge in [0, 0.05) is 11.3 Å². The molecule has 1 saturated heterocycles. The predicted molar refractivity (Wildman–Crippen MR) is 63.8 cm³/mol. The third kappa shape index (κ3) is 1.91. The van der Waals surface area contributed by atoms with Gasteiger partial charge < -0.3 is 4.74 Å². The van der Waals surface area contributed by atoms with Crippen LogP contribution >= 0.6 is 11.6 Å². The molecule has 1 aromatic rings. The zero-order valence-corrected chi connectivity index (χ0v) is 10.1. The number of alkyl halides is 1. The SMILES string of the molecule is Cc1ccc(C2(CCCl)COC2)c(C)c1. The highest BCUT2D eigenvalue weighted by Gasteiger charge is 2.40. The Balaban J connectivity index is 2.34. The van der Waals surface area contributed by atoms with Gasteiger partial charge in [0.1, 0.15) is 0 Å². The van der Waals surface area contributed by atoms with Crippen molar-refractivity contribution in [3.8, 4) is 0 Å². The largest absolute Gasteiger partial charge is 0.379 e. The first-order valence-corrected chi connectivity index (χ1v) is 5.93. The van der Waals surface area contributed by atoms with E-state index in [0.29, 0.717) is 5.88 Å². The average molecular weight is 225 g/mol. The van der Waals surface area contributed by atoms with Crippen LogP contribution in [0.3, 0.4) is 0 Å². The molecule has 2 rings (SSSR count). The van der Waals surface area contributed by atoms with Crippen molar-refractivity contribution < 1.29 is 4.74 Å². The van der Waals surface area contributed by atoms with Crippen molar-refractivity contribution >= 4 is 11.6 Å². The number of hydrogen-bond donors (Lipinski definition) is 0. The zero-order chi connectivity index (χ0) is 10.9. The highest BCUT2D eigenvalue weighted by Crippen LogP contribution is 2.37. The minimum absolute atomic E-state index is 0.194. The molecule has 0 aromatic heterocycles. The van der Waals surface area contributed by atoms with E-state index in [1.807, 2.05) is 0 Å². The van der Waals surface area contributed by atoms with Gasteiger partial charge in [-0.1, -0.05) is 23.8 Å². The summed E-state index contributed by atoms with van der Waals surface area (Å²) in [5.41, 5.74) is 4.29. The Morgan fingerprint density at radius 1 is 1.33 bits per heavy atom. The van der Waals surface area contributed by atoms with E-state index in [1.54, 1.807) is 0 Å². The molecule has 0 atom stereocenters. The summed E-state index contributed by atoms with van der Waals surface area (Å²) in [4.78, 5) is 0. The van der Waals surface area contributed by atoms with Gasteiger partial charge in [-0.15, -0.1) is 11.6 Å². The number of rotatable bonds is 3. The average Bonchev–Trinajstić information content (AvgIpc) is 2.12. The molecule has 0 aliphatic carbocycles. The Kier molecular flexibility index (Phi) is 3.03. The lowest BCUT2D eigenvalue weighted by molar-refractivity contribution is -0.0618. The molecule has 0 radical (unpaired) electrons. The highest BCUT2D eigenvalue weighted by atomic mass is 35.5. The number of aryl methyl sites for hydroxylation is 2. The normalized spacial score (nSPS) is 18.6. The quantitative estimate of drug-likeness (QED) is 0.717. The van der Waals surface area contributed by atoms with Gasteiger partial charge in [0.25, 0.3) is 0 Å². The molecule has 82 valence electrons. The van der Waals surface area contributed by atoms with Crippen molar-refractivity contribution in [3.63, 3.8) is 0 Å². The fraction of sp³-hybridized carbons (Fsp3) is 0.538. The van der Waals surface area contributed by atoms with Crippen LogP contribution in [-0.4, -0.2) is 19.1 Å². The van der Waals surface area contributed by atoms with E-state index in [4.69, 9.17) is 16.3 Å². The summed E-state index contributed by atoms with van der Waals surface area (Å²) in [6.45, 7) is 5.95. The minimum Gasteiger partial charge on any atom is -0.379 e.